The van der Waals surface area contributed by atoms with Crippen molar-refractivity contribution in [1.82, 2.24) is 0 Å². The maximum atomic E-state index is 10.1. The van der Waals surface area contributed by atoms with Gasteiger partial charge in [-0.3, -0.25) is 4.18 Å². The molecule has 0 saturated heterocycles. The van der Waals surface area contributed by atoms with Gasteiger partial charge in [0.05, 0.1) is 12.6 Å². The Morgan fingerprint density at radius 3 is 2.62 bits per heavy atom. The molecule has 1 rings (SSSR count). The van der Waals surface area contributed by atoms with Crippen molar-refractivity contribution in [2.24, 2.45) is 5.73 Å². The third kappa shape index (κ3) is 3.54. The number of rotatable bonds is 4. The van der Waals surface area contributed by atoms with Crippen molar-refractivity contribution < 1.29 is 12.6 Å². The Balaban J connectivity index is 2.54. The molecule has 2 N–H and O–H groups in total. The summed E-state index contributed by atoms with van der Waals surface area (Å²) in [6.07, 6.45) is 0. The lowest BCUT2D eigenvalue weighted by molar-refractivity contribution is 0.306. The van der Waals surface area contributed by atoms with Crippen LogP contribution < -0.4 is 5.73 Å². The molecule has 0 aromatic heterocycles. The van der Waals surface area contributed by atoms with Gasteiger partial charge in [-0.2, -0.15) is 0 Å². The van der Waals surface area contributed by atoms with Crippen LogP contribution in [0, 0.1) is 6.07 Å². The summed E-state index contributed by atoms with van der Waals surface area (Å²) < 4.78 is 24.6. The van der Waals surface area contributed by atoms with Gasteiger partial charge in [0.25, 0.3) is 11.0 Å². The van der Waals surface area contributed by atoms with Crippen LogP contribution in [0.15, 0.2) is 24.3 Å². The van der Waals surface area contributed by atoms with E-state index < -0.39 is 17.0 Å². The van der Waals surface area contributed by atoms with Crippen LogP contribution in [-0.2, 0) is 15.2 Å². The zero-order valence-electron chi connectivity index (χ0n) is 6.84. The van der Waals surface area contributed by atoms with E-state index in [1.165, 1.54) is 0 Å². The van der Waals surface area contributed by atoms with Gasteiger partial charge in [-0.15, -0.1) is 0 Å². The first-order chi connectivity index (χ1) is 6.20. The van der Waals surface area contributed by atoms with Crippen LogP contribution in [-0.4, -0.2) is 15.0 Å². The Morgan fingerprint density at radius 1 is 1.46 bits per heavy atom. The second kappa shape index (κ2) is 4.96. The van der Waals surface area contributed by atoms with Crippen molar-refractivity contribution in [3.05, 3.63) is 35.9 Å². The van der Waals surface area contributed by atoms with Gasteiger partial charge in [-0.25, -0.2) is 8.42 Å². The Hall–Kier alpha value is -0.910. The first-order valence-corrected chi connectivity index (χ1v) is 4.78. The highest BCUT2D eigenvalue weighted by atomic mass is 32.2. The molecule has 1 aromatic carbocycles. The van der Waals surface area contributed by atoms with Crippen LogP contribution in [0.5, 0.6) is 0 Å². The number of thiol groups is 1. The third-order valence-electron chi connectivity index (χ3n) is 1.53. The summed E-state index contributed by atoms with van der Waals surface area (Å²) in [5.74, 6) is 0. The molecule has 4 nitrogen and oxygen atoms in total. The molecule has 0 spiro atoms. The molecule has 1 aromatic rings. The average molecular weight is 200 g/mol. The summed E-state index contributed by atoms with van der Waals surface area (Å²) in [5, 5.41) is 0. The van der Waals surface area contributed by atoms with Gasteiger partial charge in [0.1, 0.15) is 0 Å². The highest BCUT2D eigenvalue weighted by molar-refractivity contribution is 7.67. The van der Waals surface area contributed by atoms with E-state index in [1.807, 2.05) is 0 Å². The predicted molar refractivity (Wildman–Crippen MR) is 48.5 cm³/mol. The molecular weight excluding hydrogens is 190 g/mol. The van der Waals surface area contributed by atoms with Gasteiger partial charge >= 0.3 is 0 Å². The topological polar surface area (TPSA) is 69.4 Å². The molecule has 13 heavy (non-hydrogen) atoms. The maximum Gasteiger partial charge on any atom is 0.257 e. The second-order valence-corrected chi connectivity index (χ2v) is 3.16. The van der Waals surface area contributed by atoms with E-state index >= 15 is 0 Å². The SMILES string of the molecule is NC(CO[SH](=O)=O)c1cc[c]cc1. The molecule has 0 bridgehead atoms. The normalized spacial score (nSPS) is 13.1. The monoisotopic (exact) mass is 200 g/mol. The summed E-state index contributed by atoms with van der Waals surface area (Å²) in [6.45, 7) is -0.0251. The van der Waals surface area contributed by atoms with Gasteiger partial charge in [-0.05, 0) is 11.6 Å². The molecule has 0 aliphatic carbocycles. The third-order valence-corrected chi connectivity index (χ3v) is 1.89. The average Bonchev–Trinajstić information content (AvgIpc) is 2.15. The maximum absolute atomic E-state index is 10.1. The Kier molecular flexibility index (Phi) is 3.88. The summed E-state index contributed by atoms with van der Waals surface area (Å²) in [7, 11) is -2.81. The highest BCUT2D eigenvalue weighted by Crippen LogP contribution is 2.08. The molecule has 0 aliphatic rings. The van der Waals surface area contributed by atoms with Crippen LogP contribution in [0.3, 0.4) is 0 Å². The van der Waals surface area contributed by atoms with Crippen LogP contribution >= 0.6 is 0 Å². The quantitative estimate of drug-likeness (QED) is 0.673. The lowest BCUT2D eigenvalue weighted by Crippen LogP contribution is -2.16. The minimum atomic E-state index is -2.81. The summed E-state index contributed by atoms with van der Waals surface area (Å²) in [5.41, 5.74) is 6.47. The summed E-state index contributed by atoms with van der Waals surface area (Å²) >= 11 is 0. The largest absolute Gasteiger partial charge is 0.322 e. The number of hydrogen-bond acceptors (Lipinski definition) is 4. The zero-order valence-corrected chi connectivity index (χ0v) is 7.74. The first kappa shape index (κ1) is 10.2. The Bertz CT molecular complexity index is 315. The minimum Gasteiger partial charge on any atom is -0.322 e. The van der Waals surface area contributed by atoms with E-state index in [2.05, 4.69) is 10.2 Å². The van der Waals surface area contributed by atoms with Crippen molar-refractivity contribution in [1.29, 1.82) is 0 Å². The van der Waals surface area contributed by atoms with E-state index in [-0.39, 0.29) is 6.61 Å². The van der Waals surface area contributed by atoms with Gasteiger partial charge < -0.3 is 5.73 Å². The fourth-order valence-corrected chi connectivity index (χ4v) is 1.17. The standard InChI is InChI=1S/C8H10NO3S/c9-8(6-12-13(10)11)7-4-2-1-3-5-7/h2-5,8,13H,6,9H2. The molecule has 0 saturated carbocycles. The fourth-order valence-electron chi connectivity index (χ4n) is 0.884. The number of nitrogens with two attached hydrogens (primary N) is 1. The van der Waals surface area contributed by atoms with Crippen molar-refractivity contribution in [2.45, 2.75) is 6.04 Å². The number of benzene rings is 1. The molecule has 1 radical (unpaired) electrons. The number of hydrogen-bond donors (Lipinski definition) is 2. The summed E-state index contributed by atoms with van der Waals surface area (Å²) in [6, 6.07) is 9.39. The predicted octanol–water partition coefficient (Wildman–Crippen LogP) is 0.0296. The molecule has 0 fully saturated rings. The van der Waals surface area contributed by atoms with E-state index in [9.17, 15) is 8.42 Å². The van der Waals surface area contributed by atoms with E-state index in [1.54, 1.807) is 24.3 Å². The van der Waals surface area contributed by atoms with E-state index in [0.29, 0.717) is 0 Å². The Morgan fingerprint density at radius 2 is 2.08 bits per heavy atom. The lowest BCUT2D eigenvalue weighted by Gasteiger charge is -2.08. The van der Waals surface area contributed by atoms with Crippen molar-refractivity contribution in [3.8, 4) is 0 Å². The van der Waals surface area contributed by atoms with Gasteiger partial charge in [0.2, 0.25) is 0 Å². The van der Waals surface area contributed by atoms with Crippen LogP contribution in [0.2, 0.25) is 0 Å². The molecule has 1 atom stereocenters. The molecular formula is C8H10NO3S. The lowest BCUT2D eigenvalue weighted by atomic mass is 10.1. The van der Waals surface area contributed by atoms with Crippen molar-refractivity contribution in [2.75, 3.05) is 6.61 Å². The first-order valence-electron chi connectivity index (χ1n) is 3.69. The minimum absolute atomic E-state index is 0.0251. The summed E-state index contributed by atoms with van der Waals surface area (Å²) in [4.78, 5) is 0. The van der Waals surface area contributed by atoms with E-state index in [0.717, 1.165) is 5.56 Å². The zero-order chi connectivity index (χ0) is 9.68. The highest BCUT2D eigenvalue weighted by Gasteiger charge is 2.05. The molecule has 0 heterocycles. The van der Waals surface area contributed by atoms with Gasteiger partial charge in [0.15, 0.2) is 0 Å². The molecule has 0 aliphatic heterocycles. The molecule has 71 valence electrons. The molecule has 5 heteroatoms. The smallest absolute Gasteiger partial charge is 0.257 e. The van der Waals surface area contributed by atoms with Gasteiger partial charge in [-0.1, -0.05) is 24.3 Å². The van der Waals surface area contributed by atoms with Crippen LogP contribution in [0.4, 0.5) is 0 Å². The van der Waals surface area contributed by atoms with Gasteiger partial charge in [0, 0.05) is 0 Å². The van der Waals surface area contributed by atoms with E-state index in [4.69, 9.17) is 5.73 Å². The molecule has 0 amide bonds. The van der Waals surface area contributed by atoms with Crippen LogP contribution in [0.25, 0.3) is 0 Å². The fraction of sp³-hybridized carbons (Fsp3) is 0.250. The molecule has 1 unspecified atom stereocenters. The van der Waals surface area contributed by atoms with Crippen molar-refractivity contribution >= 4 is 11.0 Å². The Labute approximate surface area is 78.5 Å². The second-order valence-electron chi connectivity index (χ2n) is 2.46. The van der Waals surface area contributed by atoms with Crippen LogP contribution in [0.1, 0.15) is 11.6 Å². The van der Waals surface area contributed by atoms with Crippen molar-refractivity contribution in [3.63, 3.8) is 0 Å².